The Morgan fingerprint density at radius 1 is 0.915 bits per heavy atom. The molecule has 0 saturated heterocycles. The summed E-state index contributed by atoms with van der Waals surface area (Å²) in [5.74, 6) is -2.41. The summed E-state index contributed by atoms with van der Waals surface area (Å²) in [6.45, 7) is 9.12. The lowest BCUT2D eigenvalue weighted by Crippen LogP contribution is -2.47. The summed E-state index contributed by atoms with van der Waals surface area (Å²) in [6, 6.07) is 0.939. The molecule has 1 rings (SSSR count). The van der Waals surface area contributed by atoms with Crippen LogP contribution in [0.4, 0.5) is 4.39 Å². The summed E-state index contributed by atoms with van der Waals surface area (Å²) in [6.07, 6.45) is -2.72. The summed E-state index contributed by atoms with van der Waals surface area (Å²) in [5, 5.41) is 19.9. The first-order valence-electron chi connectivity index (χ1n) is 14.7. The van der Waals surface area contributed by atoms with Crippen LogP contribution in [0.15, 0.2) is 21.9 Å². The second kappa shape index (κ2) is 20.3. The summed E-state index contributed by atoms with van der Waals surface area (Å²) >= 11 is 2.22. The van der Waals surface area contributed by atoms with Crippen molar-refractivity contribution in [2.24, 2.45) is 10.8 Å². The largest absolute Gasteiger partial charge is 0.475 e. The fourth-order valence-corrected chi connectivity index (χ4v) is 5.83. The van der Waals surface area contributed by atoms with Crippen molar-refractivity contribution in [2.75, 3.05) is 64.4 Å². The van der Waals surface area contributed by atoms with E-state index in [9.17, 15) is 34.0 Å². The fourth-order valence-electron chi connectivity index (χ4n) is 3.03. The quantitative estimate of drug-likeness (QED) is 0.116. The highest BCUT2D eigenvalue weighted by Gasteiger charge is 2.43. The minimum atomic E-state index is -4.57. The highest BCUT2D eigenvalue weighted by Crippen LogP contribution is 2.50. The van der Waals surface area contributed by atoms with Crippen molar-refractivity contribution in [1.82, 2.24) is 9.55 Å². The number of aliphatic hydroxyl groups is 2. The lowest BCUT2D eigenvalue weighted by atomic mass is 9.99. The third-order valence-corrected chi connectivity index (χ3v) is 9.73. The van der Waals surface area contributed by atoms with Gasteiger partial charge in [-0.3, -0.25) is 37.5 Å². The maximum absolute atomic E-state index is 15.9. The first kappa shape index (κ1) is 43.6. The van der Waals surface area contributed by atoms with Crippen LogP contribution in [0.5, 0.6) is 0 Å². The number of carbonyl (C=O) groups excluding carboxylic acids is 2. The van der Waals surface area contributed by atoms with Gasteiger partial charge in [0.15, 0.2) is 16.5 Å². The molecule has 0 radical (unpaired) electrons. The lowest BCUT2D eigenvalue weighted by Gasteiger charge is -2.33. The van der Waals surface area contributed by atoms with Crippen LogP contribution in [0.25, 0.3) is 0 Å². The molecule has 0 fully saturated rings. The molecule has 1 aromatic heterocycles. The number of phosphoric acid groups is 1. The Labute approximate surface area is 282 Å². The highest BCUT2D eigenvalue weighted by atomic mass is 32.2. The summed E-state index contributed by atoms with van der Waals surface area (Å²) < 4.78 is 61.8. The van der Waals surface area contributed by atoms with Crippen molar-refractivity contribution in [3.63, 3.8) is 0 Å². The van der Waals surface area contributed by atoms with Gasteiger partial charge in [-0.2, -0.15) is 0 Å². The number of hydrogen-bond acceptors (Lipinski definition) is 15. The lowest BCUT2D eigenvalue weighted by molar-refractivity contribution is -0.265. The molecule has 15 nitrogen and oxygen atoms in total. The molecule has 47 heavy (non-hydrogen) atoms. The number of aromatic amines is 1. The molecule has 0 bridgehead atoms. The van der Waals surface area contributed by atoms with Gasteiger partial charge < -0.3 is 24.4 Å². The van der Waals surface area contributed by atoms with Crippen molar-refractivity contribution >= 4 is 41.6 Å². The Morgan fingerprint density at radius 2 is 1.40 bits per heavy atom. The summed E-state index contributed by atoms with van der Waals surface area (Å²) in [5.41, 5.74) is -2.78. The molecule has 0 saturated carbocycles. The van der Waals surface area contributed by atoms with E-state index in [0.29, 0.717) is 16.1 Å². The number of carbonyl (C=O) groups is 2. The van der Waals surface area contributed by atoms with Crippen molar-refractivity contribution in [3.05, 3.63) is 33.1 Å². The van der Waals surface area contributed by atoms with E-state index < -0.39 is 61.3 Å². The van der Waals surface area contributed by atoms with Gasteiger partial charge in [-0.15, -0.1) is 0 Å². The average molecular weight is 735 g/mol. The smallest absolute Gasteiger partial charge is 0.392 e. The van der Waals surface area contributed by atoms with Gasteiger partial charge in [0.25, 0.3) is 11.4 Å². The van der Waals surface area contributed by atoms with E-state index in [1.54, 1.807) is 41.5 Å². The van der Waals surface area contributed by atoms with Gasteiger partial charge in [-0.05, 0) is 6.92 Å². The topological polar surface area (TPSA) is 202 Å². The van der Waals surface area contributed by atoms with E-state index >= 15 is 4.39 Å². The first-order chi connectivity index (χ1) is 21.7. The van der Waals surface area contributed by atoms with Crippen LogP contribution < -0.4 is 11.2 Å². The Kier molecular flexibility index (Phi) is 18.8. The number of alkyl halides is 1. The van der Waals surface area contributed by atoms with Crippen molar-refractivity contribution in [2.45, 2.75) is 66.7 Å². The van der Waals surface area contributed by atoms with Crippen LogP contribution in [0.2, 0.25) is 0 Å². The van der Waals surface area contributed by atoms with E-state index in [1.165, 1.54) is 0 Å². The van der Waals surface area contributed by atoms with Gasteiger partial charge in [0.05, 0.1) is 46.2 Å². The number of thioether (sulfide) groups is 2. The zero-order chi connectivity index (χ0) is 35.9. The molecule has 0 aliphatic carbocycles. The molecule has 0 aliphatic heterocycles. The third-order valence-electron chi connectivity index (χ3n) is 5.79. The summed E-state index contributed by atoms with van der Waals surface area (Å²) in [7, 11) is -4.57. The predicted molar refractivity (Wildman–Crippen MR) is 175 cm³/mol. The molecule has 1 heterocycles. The van der Waals surface area contributed by atoms with Gasteiger partial charge >= 0.3 is 13.5 Å². The van der Waals surface area contributed by atoms with E-state index in [2.05, 4.69) is 0 Å². The van der Waals surface area contributed by atoms with Crippen LogP contribution in [0.1, 0.15) is 54.7 Å². The number of hydrogen-bond donors (Lipinski definition) is 3. The number of phosphoric ester groups is 1. The Morgan fingerprint density at radius 3 is 1.81 bits per heavy atom. The second-order valence-corrected chi connectivity index (χ2v) is 15.9. The Balaban J connectivity index is 2.85. The number of rotatable bonds is 22. The minimum absolute atomic E-state index is 0.00540. The Bertz CT molecular complexity index is 1240. The molecule has 272 valence electrons. The molecule has 1 unspecified atom stereocenters. The van der Waals surface area contributed by atoms with Crippen LogP contribution in [0, 0.1) is 10.8 Å². The fraction of sp³-hybridized carbons (Fsp3) is 0.786. The number of aromatic nitrogens is 2. The van der Waals surface area contributed by atoms with Crippen LogP contribution in [-0.4, -0.2) is 106 Å². The monoisotopic (exact) mass is 734 g/mol. The molecule has 1 aromatic rings. The van der Waals surface area contributed by atoms with Crippen LogP contribution >= 0.6 is 31.3 Å². The average Bonchev–Trinajstić information content (AvgIpc) is 2.97. The molecule has 0 aliphatic rings. The number of halogens is 1. The molecular weight excluding hydrogens is 686 g/mol. The van der Waals surface area contributed by atoms with Crippen LogP contribution in [0.3, 0.4) is 0 Å². The number of nitrogens with zero attached hydrogens (tertiary/aromatic N) is 1. The molecule has 0 amide bonds. The molecule has 3 atom stereocenters. The van der Waals surface area contributed by atoms with Gasteiger partial charge in [0.2, 0.25) is 0 Å². The molecule has 0 aromatic carbocycles. The zero-order valence-corrected chi connectivity index (χ0v) is 30.4. The van der Waals surface area contributed by atoms with Crippen LogP contribution in [-0.2, 0) is 41.9 Å². The van der Waals surface area contributed by atoms with Crippen molar-refractivity contribution in [1.29, 1.82) is 0 Å². The molecule has 19 heteroatoms. The zero-order valence-electron chi connectivity index (χ0n) is 27.9. The maximum Gasteiger partial charge on any atom is 0.475 e. The molecule has 3 N–H and O–H groups in total. The van der Waals surface area contributed by atoms with Gasteiger partial charge in [-0.25, -0.2) is 13.8 Å². The highest BCUT2D eigenvalue weighted by molar-refractivity contribution is 8.14. The maximum atomic E-state index is 15.9. The van der Waals surface area contributed by atoms with Crippen molar-refractivity contribution < 1.29 is 56.5 Å². The minimum Gasteiger partial charge on any atom is -0.392 e. The summed E-state index contributed by atoms with van der Waals surface area (Å²) in [4.78, 5) is 49.5. The van der Waals surface area contributed by atoms with Gasteiger partial charge in [0, 0.05) is 34.6 Å². The van der Waals surface area contributed by atoms with E-state index in [0.717, 1.165) is 42.7 Å². The first-order valence-corrected chi connectivity index (χ1v) is 18.2. The number of nitrogens with one attached hydrogen (secondary N) is 1. The van der Waals surface area contributed by atoms with Gasteiger partial charge in [0.1, 0.15) is 12.7 Å². The number of ether oxygens (including phenoxy) is 3. The second-order valence-electron chi connectivity index (χ2n) is 12.1. The van der Waals surface area contributed by atoms with E-state index in [-0.39, 0.29) is 49.9 Å². The standard InChI is InChI=1S/C28H48FN2O13PS2/c1-20(33)28(29,44-22(18-32)31-9-8-21(34)30-25(31)37)19-43-45(38,41-12-10-39-14-16-46-23(35)26(2,3)4)42-13-11-40-15-17-47-24(36)27(5,6)7/h8-9,20,22,32-33H,10-19H2,1-7H3,(H,30,34,37)/t20-,22?,28+/m0/s1. The van der Waals surface area contributed by atoms with Crippen molar-refractivity contribution in [3.8, 4) is 0 Å². The van der Waals surface area contributed by atoms with Gasteiger partial charge in [-0.1, -0.05) is 65.1 Å². The molecular formula is C28H48FN2O13PS2. The van der Waals surface area contributed by atoms with E-state index in [1.807, 2.05) is 4.98 Å². The third kappa shape index (κ3) is 16.7. The molecule has 0 spiro atoms. The number of aliphatic hydroxyl groups excluding tert-OH is 2. The number of H-pyrrole nitrogens is 1. The van der Waals surface area contributed by atoms with E-state index in [4.69, 9.17) is 27.8 Å². The normalized spacial score (nSPS) is 15.3. The predicted octanol–water partition coefficient (Wildman–Crippen LogP) is 2.89. The SMILES string of the molecule is C[C@H](O)[C@@](F)(COP(=O)(OCCOCCSC(=O)C(C)(C)C)OCCOCCSC(=O)C(C)(C)C)OC(CO)n1ccc(=O)[nH]c1=O. The Hall–Kier alpha value is -1.44.